The monoisotopic (exact) mass is 278 g/mol. The number of nitrogens with zero attached hydrogens (tertiary/aromatic N) is 1. The second-order valence-electron chi connectivity index (χ2n) is 5.35. The van der Waals surface area contributed by atoms with E-state index in [2.05, 4.69) is 36.1 Å². The normalized spacial score (nSPS) is 18.2. The fourth-order valence-electron chi connectivity index (χ4n) is 2.79. The fraction of sp³-hybridized carbons (Fsp3) is 0.625. The molecule has 0 unspecified atom stereocenters. The van der Waals surface area contributed by atoms with Crippen molar-refractivity contribution in [2.75, 3.05) is 31.2 Å². The standard InChI is InChI=1S/C16H26N2O2/c1-2-15(17)14-5-3-4-6-16(14)18-9-7-13(8-10-18)20-12-11-19/h3-6,13,15,19H,2,7-12,17H2,1H3/t15-/m1/s1. The highest BCUT2D eigenvalue weighted by molar-refractivity contribution is 5.55. The number of hydrogen-bond acceptors (Lipinski definition) is 4. The molecule has 112 valence electrons. The Bertz CT molecular complexity index is 403. The van der Waals surface area contributed by atoms with Crippen LogP contribution >= 0.6 is 0 Å². The molecular formula is C16H26N2O2. The van der Waals surface area contributed by atoms with Gasteiger partial charge in [-0.2, -0.15) is 0 Å². The second kappa shape index (κ2) is 7.62. The molecule has 1 saturated heterocycles. The van der Waals surface area contributed by atoms with E-state index in [1.54, 1.807) is 0 Å². The van der Waals surface area contributed by atoms with Gasteiger partial charge in [0.2, 0.25) is 0 Å². The van der Waals surface area contributed by atoms with Crippen molar-refractivity contribution in [1.29, 1.82) is 0 Å². The summed E-state index contributed by atoms with van der Waals surface area (Å²) >= 11 is 0. The first-order valence-electron chi connectivity index (χ1n) is 7.58. The summed E-state index contributed by atoms with van der Waals surface area (Å²) in [4.78, 5) is 2.41. The highest BCUT2D eigenvalue weighted by Gasteiger charge is 2.22. The predicted octanol–water partition coefficient (Wildman–Crippen LogP) is 2.07. The molecule has 1 atom stereocenters. The van der Waals surface area contributed by atoms with Crippen LogP contribution in [0.3, 0.4) is 0 Å². The Morgan fingerprint density at radius 2 is 2.05 bits per heavy atom. The van der Waals surface area contributed by atoms with E-state index in [1.165, 1.54) is 11.3 Å². The first kappa shape index (κ1) is 15.3. The molecule has 0 aliphatic carbocycles. The molecule has 1 aromatic rings. The Kier molecular flexibility index (Phi) is 5.83. The van der Waals surface area contributed by atoms with Crippen molar-refractivity contribution in [3.8, 4) is 0 Å². The molecule has 0 aromatic heterocycles. The van der Waals surface area contributed by atoms with E-state index >= 15 is 0 Å². The lowest BCUT2D eigenvalue weighted by atomic mass is 10.00. The van der Waals surface area contributed by atoms with E-state index in [-0.39, 0.29) is 18.8 Å². The van der Waals surface area contributed by atoms with Crippen LogP contribution in [-0.2, 0) is 4.74 Å². The number of benzene rings is 1. The van der Waals surface area contributed by atoms with Crippen molar-refractivity contribution in [2.45, 2.75) is 38.3 Å². The van der Waals surface area contributed by atoms with Crippen LogP contribution in [-0.4, -0.2) is 37.5 Å². The van der Waals surface area contributed by atoms with Gasteiger partial charge in [-0.15, -0.1) is 0 Å². The predicted molar refractivity (Wildman–Crippen MR) is 81.9 cm³/mol. The van der Waals surface area contributed by atoms with Crippen molar-refractivity contribution in [3.05, 3.63) is 29.8 Å². The largest absolute Gasteiger partial charge is 0.394 e. The summed E-state index contributed by atoms with van der Waals surface area (Å²) in [7, 11) is 0. The topological polar surface area (TPSA) is 58.7 Å². The van der Waals surface area contributed by atoms with Crippen LogP contribution in [0.2, 0.25) is 0 Å². The van der Waals surface area contributed by atoms with Crippen LogP contribution in [0.4, 0.5) is 5.69 Å². The number of rotatable bonds is 6. The maximum absolute atomic E-state index is 8.80. The van der Waals surface area contributed by atoms with Gasteiger partial charge in [-0.1, -0.05) is 25.1 Å². The summed E-state index contributed by atoms with van der Waals surface area (Å²) in [5.41, 5.74) is 8.72. The van der Waals surface area contributed by atoms with Gasteiger partial charge in [0.15, 0.2) is 0 Å². The summed E-state index contributed by atoms with van der Waals surface area (Å²) in [6.07, 6.45) is 3.25. The number of para-hydroxylation sites is 1. The maximum Gasteiger partial charge on any atom is 0.0701 e. The van der Waals surface area contributed by atoms with Crippen molar-refractivity contribution >= 4 is 5.69 Å². The molecule has 0 saturated carbocycles. The molecular weight excluding hydrogens is 252 g/mol. The third-order valence-corrected chi connectivity index (χ3v) is 4.00. The van der Waals surface area contributed by atoms with Crippen LogP contribution in [0.5, 0.6) is 0 Å². The Labute approximate surface area is 121 Å². The number of aliphatic hydroxyl groups is 1. The number of aliphatic hydroxyl groups excluding tert-OH is 1. The third kappa shape index (κ3) is 3.72. The van der Waals surface area contributed by atoms with Crippen molar-refractivity contribution < 1.29 is 9.84 Å². The van der Waals surface area contributed by atoms with Gasteiger partial charge < -0.3 is 20.5 Å². The van der Waals surface area contributed by atoms with E-state index < -0.39 is 0 Å². The first-order chi connectivity index (χ1) is 9.76. The summed E-state index contributed by atoms with van der Waals surface area (Å²) in [6.45, 7) is 4.65. The smallest absolute Gasteiger partial charge is 0.0701 e. The molecule has 1 aromatic carbocycles. The Morgan fingerprint density at radius 1 is 1.35 bits per heavy atom. The number of anilines is 1. The molecule has 3 N–H and O–H groups in total. The van der Waals surface area contributed by atoms with Crippen LogP contribution in [0.25, 0.3) is 0 Å². The minimum Gasteiger partial charge on any atom is -0.394 e. The quantitative estimate of drug-likeness (QED) is 0.836. The maximum atomic E-state index is 8.80. The van der Waals surface area contributed by atoms with E-state index in [4.69, 9.17) is 15.6 Å². The Morgan fingerprint density at radius 3 is 2.70 bits per heavy atom. The SMILES string of the molecule is CC[C@@H](N)c1ccccc1N1CCC(OCCO)CC1. The highest BCUT2D eigenvalue weighted by atomic mass is 16.5. The van der Waals surface area contributed by atoms with Crippen LogP contribution in [0, 0.1) is 0 Å². The zero-order valence-corrected chi connectivity index (χ0v) is 12.3. The summed E-state index contributed by atoms with van der Waals surface area (Å²) in [5.74, 6) is 0. The van der Waals surface area contributed by atoms with Gasteiger partial charge in [0.1, 0.15) is 0 Å². The van der Waals surface area contributed by atoms with E-state index in [0.29, 0.717) is 6.61 Å². The van der Waals surface area contributed by atoms with E-state index in [0.717, 1.165) is 32.4 Å². The van der Waals surface area contributed by atoms with Crippen LogP contribution in [0.1, 0.15) is 37.8 Å². The average molecular weight is 278 g/mol. The summed E-state index contributed by atoms with van der Waals surface area (Å²) < 4.78 is 5.61. The molecule has 1 fully saturated rings. The van der Waals surface area contributed by atoms with Crippen LogP contribution < -0.4 is 10.6 Å². The van der Waals surface area contributed by atoms with Gasteiger partial charge in [-0.05, 0) is 30.9 Å². The minimum atomic E-state index is 0.106. The molecule has 1 aliphatic heterocycles. The third-order valence-electron chi connectivity index (χ3n) is 4.00. The van der Waals surface area contributed by atoms with Gasteiger partial charge in [0, 0.05) is 24.8 Å². The second-order valence-corrected chi connectivity index (χ2v) is 5.35. The molecule has 2 rings (SSSR count). The lowest BCUT2D eigenvalue weighted by Gasteiger charge is -2.35. The highest BCUT2D eigenvalue weighted by Crippen LogP contribution is 2.29. The fourth-order valence-corrected chi connectivity index (χ4v) is 2.79. The van der Waals surface area contributed by atoms with E-state index in [9.17, 15) is 0 Å². The summed E-state index contributed by atoms with van der Waals surface area (Å²) in [6, 6.07) is 8.55. The Balaban J connectivity index is 2.00. The molecule has 0 radical (unpaired) electrons. The average Bonchev–Trinajstić information content (AvgIpc) is 2.52. The molecule has 0 spiro atoms. The minimum absolute atomic E-state index is 0.106. The molecule has 20 heavy (non-hydrogen) atoms. The van der Waals surface area contributed by atoms with Crippen molar-refractivity contribution in [3.63, 3.8) is 0 Å². The van der Waals surface area contributed by atoms with E-state index in [1.807, 2.05) is 0 Å². The zero-order chi connectivity index (χ0) is 14.4. The number of hydrogen-bond donors (Lipinski definition) is 2. The number of ether oxygens (including phenoxy) is 1. The van der Waals surface area contributed by atoms with Crippen LogP contribution in [0.15, 0.2) is 24.3 Å². The summed E-state index contributed by atoms with van der Waals surface area (Å²) in [5, 5.41) is 8.80. The number of piperidine rings is 1. The molecule has 4 heteroatoms. The molecule has 0 amide bonds. The Hall–Kier alpha value is -1.10. The zero-order valence-electron chi connectivity index (χ0n) is 12.3. The van der Waals surface area contributed by atoms with Gasteiger partial charge in [0.05, 0.1) is 19.3 Å². The number of nitrogens with two attached hydrogens (primary N) is 1. The van der Waals surface area contributed by atoms with Crippen molar-refractivity contribution in [1.82, 2.24) is 0 Å². The lowest BCUT2D eigenvalue weighted by molar-refractivity contribution is 0.0159. The molecule has 1 heterocycles. The van der Waals surface area contributed by atoms with Gasteiger partial charge in [-0.25, -0.2) is 0 Å². The van der Waals surface area contributed by atoms with Gasteiger partial charge in [0.25, 0.3) is 0 Å². The van der Waals surface area contributed by atoms with Gasteiger partial charge in [-0.3, -0.25) is 0 Å². The molecule has 0 bridgehead atoms. The first-order valence-corrected chi connectivity index (χ1v) is 7.58. The van der Waals surface area contributed by atoms with Crippen molar-refractivity contribution in [2.24, 2.45) is 5.73 Å². The molecule has 4 nitrogen and oxygen atoms in total. The molecule has 1 aliphatic rings. The lowest BCUT2D eigenvalue weighted by Crippen LogP contribution is -2.38. The van der Waals surface area contributed by atoms with Gasteiger partial charge >= 0.3 is 0 Å².